The van der Waals surface area contributed by atoms with Crippen LogP contribution in [0.4, 0.5) is 0 Å². The van der Waals surface area contributed by atoms with Crippen LogP contribution in [0.25, 0.3) is 0 Å². The monoisotopic (exact) mass is 446 g/mol. The Morgan fingerprint density at radius 1 is 1.06 bits per heavy atom. The largest absolute Gasteiger partial charge is 0.469 e. The number of carbonyl (C=O) groups is 3. The molecule has 0 aromatic carbocycles. The Morgan fingerprint density at radius 2 is 1.77 bits per heavy atom. The molecule has 2 heterocycles. The molecule has 2 aliphatic heterocycles. The highest BCUT2D eigenvalue weighted by Gasteiger charge is 2.56. The fourth-order valence-electron chi connectivity index (χ4n) is 4.24. The Kier molecular flexibility index (Phi) is 9.23. The van der Waals surface area contributed by atoms with E-state index in [2.05, 4.69) is 4.74 Å². The van der Waals surface area contributed by atoms with E-state index in [0.717, 1.165) is 0 Å². The fourth-order valence-corrected chi connectivity index (χ4v) is 4.24. The molecule has 10 heteroatoms. The second-order valence-corrected chi connectivity index (χ2v) is 8.40. The van der Waals surface area contributed by atoms with Gasteiger partial charge in [-0.2, -0.15) is 0 Å². The molecule has 2 rings (SSSR count). The first-order valence-electron chi connectivity index (χ1n) is 10.4. The van der Waals surface area contributed by atoms with E-state index in [1.54, 1.807) is 7.11 Å². The molecular weight excluding hydrogens is 412 g/mol. The maximum atomic E-state index is 11.7. The highest BCUT2D eigenvalue weighted by Crippen LogP contribution is 2.44. The van der Waals surface area contributed by atoms with Crippen molar-refractivity contribution >= 4 is 17.9 Å². The predicted octanol–water partition coefficient (Wildman–Crippen LogP) is 1.72. The van der Waals surface area contributed by atoms with E-state index in [-0.39, 0.29) is 25.3 Å². The SMILES string of the molecule is COC(=O)CCC[C@H](C[C@H]1O[C@@H]2C(OC(C)=O)OCO[C@@H]2[C@@H](OC)C1(C)C)OC(C)=O. The molecule has 6 atom stereocenters. The summed E-state index contributed by atoms with van der Waals surface area (Å²) in [4.78, 5) is 34.6. The summed E-state index contributed by atoms with van der Waals surface area (Å²) in [5.41, 5.74) is -0.519. The second kappa shape index (κ2) is 11.2. The van der Waals surface area contributed by atoms with Gasteiger partial charge in [-0.15, -0.1) is 0 Å². The maximum absolute atomic E-state index is 11.7. The first kappa shape index (κ1) is 25.5. The lowest BCUT2D eigenvalue weighted by Crippen LogP contribution is -2.66. The lowest BCUT2D eigenvalue weighted by atomic mass is 9.72. The van der Waals surface area contributed by atoms with Crippen LogP contribution in [-0.4, -0.2) is 75.7 Å². The number of esters is 3. The number of carbonyl (C=O) groups excluding carboxylic acids is 3. The van der Waals surface area contributed by atoms with Crippen LogP contribution in [0.3, 0.4) is 0 Å². The van der Waals surface area contributed by atoms with Crippen LogP contribution in [0, 0.1) is 5.41 Å². The summed E-state index contributed by atoms with van der Waals surface area (Å²) in [5, 5.41) is 0. The van der Waals surface area contributed by atoms with Crippen LogP contribution in [0.1, 0.15) is 53.4 Å². The summed E-state index contributed by atoms with van der Waals surface area (Å²) in [6.07, 6.45) is -1.85. The zero-order valence-corrected chi connectivity index (χ0v) is 19.1. The van der Waals surface area contributed by atoms with Crippen molar-refractivity contribution in [3.63, 3.8) is 0 Å². The Morgan fingerprint density at radius 3 is 2.35 bits per heavy atom. The van der Waals surface area contributed by atoms with Crippen LogP contribution in [0.2, 0.25) is 0 Å². The zero-order valence-electron chi connectivity index (χ0n) is 19.1. The van der Waals surface area contributed by atoms with E-state index < -0.39 is 48.1 Å². The normalized spacial score (nSPS) is 30.6. The van der Waals surface area contributed by atoms with Gasteiger partial charge < -0.3 is 33.2 Å². The summed E-state index contributed by atoms with van der Waals surface area (Å²) in [6.45, 7) is 6.56. The Bertz CT molecular complexity index is 634. The molecule has 0 aliphatic carbocycles. The van der Waals surface area contributed by atoms with Crippen molar-refractivity contribution in [3.05, 3.63) is 0 Å². The van der Waals surface area contributed by atoms with Crippen LogP contribution in [0.5, 0.6) is 0 Å². The average Bonchev–Trinajstić information content (AvgIpc) is 2.67. The van der Waals surface area contributed by atoms with Gasteiger partial charge in [-0.05, 0) is 12.8 Å². The number of rotatable bonds is 9. The standard InChI is InChI=1S/C21H34O10/c1-12(22)29-14(8-7-9-16(24)25-5)10-15-21(3,4)19(26-6)17-18(31-15)20(28-11-27-17)30-13(2)23/h14-15,17-20H,7-11H2,1-6H3/t14-,15-,17+,18+,19-,20?/m1/s1. The molecular formula is C21H34O10. The van der Waals surface area contributed by atoms with Crippen molar-refractivity contribution in [1.29, 1.82) is 0 Å². The smallest absolute Gasteiger partial charge is 0.305 e. The summed E-state index contributed by atoms with van der Waals surface area (Å²) in [6, 6.07) is 0. The average molecular weight is 446 g/mol. The second-order valence-electron chi connectivity index (χ2n) is 8.40. The molecule has 2 aliphatic rings. The fraction of sp³-hybridized carbons (Fsp3) is 0.857. The Balaban J connectivity index is 2.19. The van der Waals surface area contributed by atoms with Gasteiger partial charge in [0.25, 0.3) is 0 Å². The quantitative estimate of drug-likeness (QED) is 0.383. The number of hydrogen-bond acceptors (Lipinski definition) is 10. The van der Waals surface area contributed by atoms with Gasteiger partial charge in [0.2, 0.25) is 6.29 Å². The number of hydrogen-bond donors (Lipinski definition) is 0. The minimum atomic E-state index is -0.931. The molecule has 31 heavy (non-hydrogen) atoms. The molecule has 2 fully saturated rings. The third-order valence-electron chi connectivity index (χ3n) is 5.75. The molecule has 10 nitrogen and oxygen atoms in total. The van der Waals surface area contributed by atoms with E-state index in [4.69, 9.17) is 28.4 Å². The van der Waals surface area contributed by atoms with Crippen molar-refractivity contribution in [2.75, 3.05) is 21.0 Å². The molecule has 2 saturated heterocycles. The minimum absolute atomic E-state index is 0.0489. The molecule has 0 spiro atoms. The van der Waals surface area contributed by atoms with Gasteiger partial charge in [0, 0.05) is 39.2 Å². The van der Waals surface area contributed by atoms with E-state index in [1.165, 1.54) is 21.0 Å². The Hall–Kier alpha value is -1.75. The summed E-state index contributed by atoms with van der Waals surface area (Å²) in [7, 11) is 2.92. The highest BCUT2D eigenvalue weighted by atomic mass is 16.8. The van der Waals surface area contributed by atoms with Crippen molar-refractivity contribution < 1.29 is 47.5 Å². The molecule has 0 aromatic rings. The third kappa shape index (κ3) is 6.61. The zero-order chi connectivity index (χ0) is 23.2. The number of ether oxygens (including phenoxy) is 7. The first-order valence-corrected chi connectivity index (χ1v) is 10.4. The lowest BCUT2D eigenvalue weighted by molar-refractivity contribution is -0.362. The first-order chi connectivity index (χ1) is 14.6. The molecule has 0 saturated carbocycles. The van der Waals surface area contributed by atoms with Gasteiger partial charge in [0.15, 0.2) is 6.79 Å². The van der Waals surface area contributed by atoms with Gasteiger partial charge in [-0.25, -0.2) is 0 Å². The van der Waals surface area contributed by atoms with Gasteiger partial charge in [0.05, 0.1) is 19.3 Å². The van der Waals surface area contributed by atoms with E-state index >= 15 is 0 Å². The van der Waals surface area contributed by atoms with Gasteiger partial charge >= 0.3 is 17.9 Å². The molecule has 0 aromatic heterocycles. The van der Waals surface area contributed by atoms with Crippen molar-refractivity contribution in [1.82, 2.24) is 0 Å². The maximum Gasteiger partial charge on any atom is 0.305 e. The molecule has 0 bridgehead atoms. The lowest BCUT2D eigenvalue weighted by Gasteiger charge is -2.53. The van der Waals surface area contributed by atoms with Crippen molar-refractivity contribution in [2.24, 2.45) is 5.41 Å². The summed E-state index contributed by atoms with van der Waals surface area (Å²) in [5.74, 6) is -1.23. The van der Waals surface area contributed by atoms with Crippen LogP contribution in [0.15, 0.2) is 0 Å². The number of fused-ring (bicyclic) bond motifs is 1. The van der Waals surface area contributed by atoms with Crippen molar-refractivity contribution in [2.45, 2.75) is 90.2 Å². The Labute approximate surface area is 182 Å². The minimum Gasteiger partial charge on any atom is -0.469 e. The van der Waals surface area contributed by atoms with Crippen LogP contribution in [-0.2, 0) is 47.5 Å². The van der Waals surface area contributed by atoms with E-state index in [9.17, 15) is 14.4 Å². The molecule has 0 radical (unpaired) electrons. The summed E-state index contributed by atoms with van der Waals surface area (Å²) < 4.78 is 38.8. The topological polar surface area (TPSA) is 116 Å². The van der Waals surface area contributed by atoms with E-state index in [1.807, 2.05) is 13.8 Å². The summed E-state index contributed by atoms with van der Waals surface area (Å²) >= 11 is 0. The van der Waals surface area contributed by atoms with E-state index in [0.29, 0.717) is 19.3 Å². The molecule has 0 N–H and O–H groups in total. The third-order valence-corrected chi connectivity index (χ3v) is 5.75. The molecule has 178 valence electrons. The molecule has 0 amide bonds. The van der Waals surface area contributed by atoms with Crippen molar-refractivity contribution in [3.8, 4) is 0 Å². The van der Waals surface area contributed by atoms with Gasteiger partial charge in [-0.1, -0.05) is 13.8 Å². The molecule has 1 unspecified atom stereocenters. The van der Waals surface area contributed by atoms with Crippen LogP contribution < -0.4 is 0 Å². The number of methoxy groups -OCH3 is 2. The van der Waals surface area contributed by atoms with Gasteiger partial charge in [-0.3, -0.25) is 14.4 Å². The highest BCUT2D eigenvalue weighted by molar-refractivity contribution is 5.69. The van der Waals surface area contributed by atoms with Crippen LogP contribution >= 0.6 is 0 Å². The predicted molar refractivity (Wildman–Crippen MR) is 106 cm³/mol. The van der Waals surface area contributed by atoms with Gasteiger partial charge in [0.1, 0.15) is 18.3 Å².